The number of hydrogen-bond acceptors (Lipinski definition) is 5. The lowest BCUT2D eigenvalue weighted by molar-refractivity contribution is -0.123. The Kier molecular flexibility index (Phi) is 10.2. The minimum atomic E-state index is -0.559. The molecule has 6 nitrogen and oxygen atoms in total. The highest BCUT2D eigenvalue weighted by atomic mass is 32.2. The lowest BCUT2D eigenvalue weighted by Gasteiger charge is -2.20. The third-order valence-electron chi connectivity index (χ3n) is 6.18. The molecule has 8 heteroatoms. The Morgan fingerprint density at radius 1 is 1.17 bits per heavy atom. The van der Waals surface area contributed by atoms with Crippen molar-refractivity contribution < 1.29 is 9.59 Å². The maximum absolute atomic E-state index is 13.2. The number of hydrogen-bond donors (Lipinski definition) is 2. The topological polar surface area (TPSA) is 76.0 Å². The van der Waals surface area contributed by atoms with Gasteiger partial charge in [0.25, 0.3) is 5.91 Å². The van der Waals surface area contributed by atoms with Gasteiger partial charge in [0.1, 0.15) is 11.9 Å². The molecule has 0 aliphatic carbocycles. The Hall–Kier alpha value is -2.32. The number of imidazole rings is 1. The molecular formula is C27H38N4O2S2. The molecule has 0 aliphatic rings. The lowest BCUT2D eigenvalue weighted by atomic mass is 10.0. The molecule has 1 aromatic carbocycles. The van der Waals surface area contributed by atoms with Gasteiger partial charge in [0.2, 0.25) is 5.91 Å². The van der Waals surface area contributed by atoms with Crippen molar-refractivity contribution in [2.75, 3.05) is 18.6 Å². The Morgan fingerprint density at radius 3 is 2.57 bits per heavy atom. The van der Waals surface area contributed by atoms with Crippen molar-refractivity contribution in [1.82, 2.24) is 20.2 Å². The number of benzene rings is 1. The summed E-state index contributed by atoms with van der Waals surface area (Å²) in [6, 6.07) is 9.72. The maximum Gasteiger partial charge on any atom is 0.252 e. The Labute approximate surface area is 217 Å². The summed E-state index contributed by atoms with van der Waals surface area (Å²) in [5.41, 5.74) is 2.40. The Balaban J connectivity index is 1.88. The zero-order valence-electron chi connectivity index (χ0n) is 21.5. The quantitative estimate of drug-likeness (QED) is 0.288. The van der Waals surface area contributed by atoms with E-state index in [4.69, 9.17) is 4.98 Å². The molecule has 190 valence electrons. The summed E-state index contributed by atoms with van der Waals surface area (Å²) in [5, 5.41) is 8.00. The fraction of sp³-hybridized carbons (Fsp3) is 0.519. The van der Waals surface area contributed by atoms with Crippen LogP contribution in [-0.4, -0.2) is 46.0 Å². The van der Waals surface area contributed by atoms with E-state index < -0.39 is 6.04 Å². The van der Waals surface area contributed by atoms with Crippen molar-refractivity contribution in [3.05, 3.63) is 52.0 Å². The van der Waals surface area contributed by atoms with Gasteiger partial charge in [-0.2, -0.15) is 11.8 Å². The van der Waals surface area contributed by atoms with Crippen molar-refractivity contribution in [3.8, 4) is 0 Å². The fourth-order valence-electron chi connectivity index (χ4n) is 4.39. The van der Waals surface area contributed by atoms with Gasteiger partial charge in [-0.3, -0.25) is 9.59 Å². The van der Waals surface area contributed by atoms with E-state index in [1.807, 2.05) is 24.5 Å². The average Bonchev–Trinajstić information content (AvgIpc) is 3.47. The van der Waals surface area contributed by atoms with E-state index in [1.165, 1.54) is 4.88 Å². The number of aromatic nitrogens is 2. The van der Waals surface area contributed by atoms with Gasteiger partial charge in [-0.25, -0.2) is 4.98 Å². The van der Waals surface area contributed by atoms with Crippen LogP contribution in [0.15, 0.2) is 35.7 Å². The zero-order chi connectivity index (χ0) is 25.4. The highest BCUT2D eigenvalue weighted by Gasteiger charge is 2.23. The van der Waals surface area contributed by atoms with E-state index in [0.29, 0.717) is 24.6 Å². The van der Waals surface area contributed by atoms with Crippen LogP contribution in [-0.2, 0) is 11.2 Å². The van der Waals surface area contributed by atoms with E-state index in [-0.39, 0.29) is 17.7 Å². The number of nitrogens with one attached hydrogen (secondary N) is 2. The van der Waals surface area contributed by atoms with Crippen LogP contribution in [0.3, 0.4) is 0 Å². The lowest BCUT2D eigenvalue weighted by Crippen LogP contribution is -2.47. The zero-order valence-corrected chi connectivity index (χ0v) is 23.1. The second-order valence-corrected chi connectivity index (χ2v) is 11.3. The molecule has 0 radical (unpaired) electrons. The average molecular weight is 515 g/mol. The van der Waals surface area contributed by atoms with Crippen molar-refractivity contribution in [1.29, 1.82) is 0 Å². The van der Waals surface area contributed by atoms with Gasteiger partial charge < -0.3 is 15.2 Å². The number of fused-ring (bicyclic) bond motifs is 1. The van der Waals surface area contributed by atoms with Crippen LogP contribution in [0, 0.1) is 5.92 Å². The second kappa shape index (κ2) is 13.1. The number of thioether (sulfide) groups is 1. The van der Waals surface area contributed by atoms with Crippen LogP contribution < -0.4 is 10.6 Å². The fourth-order valence-corrected chi connectivity index (χ4v) is 5.40. The first-order valence-corrected chi connectivity index (χ1v) is 14.8. The molecule has 0 unspecified atom stereocenters. The van der Waals surface area contributed by atoms with E-state index in [0.717, 1.165) is 41.9 Å². The molecule has 0 bridgehead atoms. The highest BCUT2D eigenvalue weighted by Crippen LogP contribution is 2.28. The minimum absolute atomic E-state index is 0.126. The number of amides is 2. The number of rotatable bonds is 13. The van der Waals surface area contributed by atoms with E-state index in [1.54, 1.807) is 23.1 Å². The third kappa shape index (κ3) is 7.10. The van der Waals surface area contributed by atoms with E-state index in [2.05, 4.69) is 60.4 Å². The molecule has 2 N–H and O–H groups in total. The van der Waals surface area contributed by atoms with Crippen LogP contribution in [0.25, 0.3) is 11.0 Å². The SMILES string of the molecule is CCC(CC)n1c(Cc2cccs2)nc2cc(C(=O)N[C@@H](CC(C)C)C(=O)NCCSC)ccc21. The molecule has 0 fully saturated rings. The van der Waals surface area contributed by atoms with E-state index >= 15 is 0 Å². The summed E-state index contributed by atoms with van der Waals surface area (Å²) in [5.74, 6) is 1.79. The summed E-state index contributed by atoms with van der Waals surface area (Å²) >= 11 is 3.42. The smallest absolute Gasteiger partial charge is 0.252 e. The molecule has 3 rings (SSSR count). The van der Waals surface area contributed by atoms with Crippen molar-refractivity contribution in [2.45, 2.75) is 65.5 Å². The predicted molar refractivity (Wildman–Crippen MR) is 149 cm³/mol. The molecular weight excluding hydrogens is 476 g/mol. The van der Waals surface area contributed by atoms with Crippen LogP contribution >= 0.6 is 23.1 Å². The van der Waals surface area contributed by atoms with E-state index in [9.17, 15) is 9.59 Å². The van der Waals surface area contributed by atoms with Gasteiger partial charge in [0, 0.05) is 35.2 Å². The molecule has 2 amide bonds. The summed E-state index contributed by atoms with van der Waals surface area (Å²) < 4.78 is 2.34. The summed E-state index contributed by atoms with van der Waals surface area (Å²) in [6.07, 6.45) is 5.41. The Morgan fingerprint density at radius 2 is 1.94 bits per heavy atom. The molecule has 0 aliphatic heterocycles. The second-order valence-electron chi connectivity index (χ2n) is 9.27. The third-order valence-corrected chi connectivity index (χ3v) is 7.67. The molecule has 1 atom stereocenters. The van der Waals surface area contributed by atoms with Crippen LogP contribution in [0.2, 0.25) is 0 Å². The molecule has 35 heavy (non-hydrogen) atoms. The van der Waals surface area contributed by atoms with Crippen molar-refractivity contribution in [2.24, 2.45) is 5.92 Å². The molecule has 0 saturated carbocycles. The highest BCUT2D eigenvalue weighted by molar-refractivity contribution is 7.98. The van der Waals surface area contributed by atoms with Gasteiger partial charge in [0.15, 0.2) is 0 Å². The summed E-state index contributed by atoms with van der Waals surface area (Å²) in [6.45, 7) is 9.11. The van der Waals surface area contributed by atoms with Crippen LogP contribution in [0.4, 0.5) is 0 Å². The van der Waals surface area contributed by atoms with Crippen molar-refractivity contribution >= 4 is 45.9 Å². The number of thiophene rings is 1. The standard InChI is InChI=1S/C27H38N4O2S2/c1-6-20(7-2)31-24-11-10-19(16-22(24)29-25(31)17-21-9-8-13-35-21)26(32)30-23(15-18(3)4)27(33)28-12-14-34-5/h8-11,13,16,18,20,23H,6-7,12,14-15,17H2,1-5H3,(H,28,33)(H,30,32)/t23-/m0/s1. The number of carbonyl (C=O) groups is 2. The summed E-state index contributed by atoms with van der Waals surface area (Å²) in [4.78, 5) is 32.1. The van der Waals surface area contributed by atoms with Crippen LogP contribution in [0.1, 0.15) is 74.1 Å². The van der Waals surface area contributed by atoms with Gasteiger partial charge in [-0.05, 0) is 61.1 Å². The number of carbonyl (C=O) groups excluding carboxylic acids is 2. The van der Waals surface area contributed by atoms with Gasteiger partial charge in [-0.1, -0.05) is 33.8 Å². The maximum atomic E-state index is 13.2. The first-order valence-electron chi connectivity index (χ1n) is 12.5. The minimum Gasteiger partial charge on any atom is -0.353 e. The first kappa shape index (κ1) is 27.3. The van der Waals surface area contributed by atoms with Gasteiger partial charge in [-0.15, -0.1) is 11.3 Å². The van der Waals surface area contributed by atoms with Gasteiger partial charge in [0.05, 0.1) is 11.0 Å². The molecule has 2 aromatic heterocycles. The van der Waals surface area contributed by atoms with Crippen LogP contribution in [0.5, 0.6) is 0 Å². The monoisotopic (exact) mass is 514 g/mol. The normalized spacial score (nSPS) is 12.4. The molecule has 2 heterocycles. The largest absolute Gasteiger partial charge is 0.353 e. The molecule has 0 saturated heterocycles. The Bertz CT molecular complexity index is 1100. The number of nitrogens with zero attached hydrogens (tertiary/aromatic N) is 2. The first-order chi connectivity index (χ1) is 16.9. The van der Waals surface area contributed by atoms with Gasteiger partial charge >= 0.3 is 0 Å². The van der Waals surface area contributed by atoms with Crippen molar-refractivity contribution in [3.63, 3.8) is 0 Å². The molecule has 0 spiro atoms. The molecule has 3 aromatic rings. The predicted octanol–water partition coefficient (Wildman–Crippen LogP) is 5.67. The summed E-state index contributed by atoms with van der Waals surface area (Å²) in [7, 11) is 0.